The fourth-order valence-electron chi connectivity index (χ4n) is 3.28. The second kappa shape index (κ2) is 7.41. The Hall–Kier alpha value is -3.64. The maximum Gasteiger partial charge on any atom is 0.257 e. The van der Waals surface area contributed by atoms with Gasteiger partial charge < -0.3 is 15.4 Å². The van der Waals surface area contributed by atoms with E-state index in [1.165, 1.54) is 11.3 Å². The summed E-state index contributed by atoms with van der Waals surface area (Å²) in [5.74, 6) is 0.679. The lowest BCUT2D eigenvalue weighted by Gasteiger charge is -2.08. The van der Waals surface area contributed by atoms with Crippen LogP contribution in [0.5, 0.6) is 5.75 Å². The predicted molar refractivity (Wildman–Crippen MR) is 117 cm³/mol. The van der Waals surface area contributed by atoms with Gasteiger partial charge in [-0.3, -0.25) is 4.79 Å². The highest BCUT2D eigenvalue weighted by Gasteiger charge is 2.27. The van der Waals surface area contributed by atoms with Crippen molar-refractivity contribution in [1.29, 1.82) is 0 Å². The van der Waals surface area contributed by atoms with Gasteiger partial charge in [-0.1, -0.05) is 30.3 Å². The largest absolute Gasteiger partial charge is 0.489 e. The number of nitrogens with one attached hydrogen (secondary N) is 2. The van der Waals surface area contributed by atoms with E-state index in [0.29, 0.717) is 12.2 Å². The number of ether oxygens (including phenoxy) is 1. The molecule has 1 aromatic heterocycles. The van der Waals surface area contributed by atoms with E-state index in [-0.39, 0.29) is 5.91 Å². The Labute approximate surface area is 171 Å². The average molecular weight is 399 g/mol. The third-order valence-corrected chi connectivity index (χ3v) is 5.61. The van der Waals surface area contributed by atoms with Crippen LogP contribution in [-0.4, -0.2) is 10.9 Å². The number of carbonyl (C=O) groups excluding carboxylic acids is 1. The first kappa shape index (κ1) is 17.5. The van der Waals surface area contributed by atoms with E-state index in [1.807, 2.05) is 66.7 Å². The van der Waals surface area contributed by atoms with Crippen molar-refractivity contribution in [2.75, 3.05) is 10.6 Å². The summed E-state index contributed by atoms with van der Waals surface area (Å²) in [6.45, 7) is 0.527. The van der Waals surface area contributed by atoms with Crippen molar-refractivity contribution in [3.8, 4) is 5.75 Å². The van der Waals surface area contributed by atoms with E-state index >= 15 is 0 Å². The van der Waals surface area contributed by atoms with Crippen LogP contribution in [0.2, 0.25) is 0 Å². The van der Waals surface area contributed by atoms with Gasteiger partial charge in [-0.05, 0) is 42.0 Å². The maximum absolute atomic E-state index is 12.4. The maximum atomic E-state index is 12.4. The van der Waals surface area contributed by atoms with Crippen molar-refractivity contribution in [2.45, 2.75) is 6.61 Å². The molecule has 0 saturated heterocycles. The predicted octanol–water partition coefficient (Wildman–Crippen LogP) is 5.28. The average Bonchev–Trinajstić information content (AvgIpc) is 3.35. The summed E-state index contributed by atoms with van der Waals surface area (Å²) in [7, 11) is 0. The van der Waals surface area contributed by atoms with E-state index < -0.39 is 0 Å². The molecule has 0 unspecified atom stereocenters. The number of hydrogen-bond acceptors (Lipinski definition) is 5. The van der Waals surface area contributed by atoms with Crippen LogP contribution in [0.3, 0.4) is 0 Å². The van der Waals surface area contributed by atoms with Crippen LogP contribution < -0.4 is 15.4 Å². The van der Waals surface area contributed by atoms with Gasteiger partial charge in [-0.2, -0.15) is 0 Å². The van der Waals surface area contributed by atoms with Crippen LogP contribution in [0.4, 0.5) is 11.4 Å². The lowest BCUT2D eigenvalue weighted by molar-refractivity contribution is -0.110. The molecule has 142 valence electrons. The molecule has 3 aromatic carbocycles. The van der Waals surface area contributed by atoms with Gasteiger partial charge in [-0.15, -0.1) is 11.3 Å². The van der Waals surface area contributed by atoms with Crippen molar-refractivity contribution in [3.63, 3.8) is 0 Å². The van der Waals surface area contributed by atoms with E-state index in [0.717, 1.165) is 38.5 Å². The zero-order valence-corrected chi connectivity index (χ0v) is 16.2. The molecule has 1 aliphatic heterocycles. The Morgan fingerprint density at radius 1 is 1.03 bits per heavy atom. The molecule has 4 aromatic rings. The Bertz CT molecular complexity index is 1210. The SMILES string of the molecule is O=C1Nc2ccc3ncsc3c2/C1=C/Nc1ccc(OCc2ccccc2)cc1. The molecule has 6 heteroatoms. The quantitative estimate of drug-likeness (QED) is 0.448. The molecule has 29 heavy (non-hydrogen) atoms. The highest BCUT2D eigenvalue weighted by atomic mass is 32.1. The van der Waals surface area contributed by atoms with Crippen molar-refractivity contribution in [2.24, 2.45) is 0 Å². The number of thiazole rings is 1. The van der Waals surface area contributed by atoms with E-state index in [2.05, 4.69) is 15.6 Å². The van der Waals surface area contributed by atoms with Gasteiger partial charge in [0.1, 0.15) is 12.4 Å². The normalized spacial score (nSPS) is 14.1. The fourth-order valence-corrected chi connectivity index (χ4v) is 4.14. The minimum absolute atomic E-state index is 0.115. The van der Waals surface area contributed by atoms with Crippen LogP contribution in [-0.2, 0) is 11.4 Å². The number of benzene rings is 3. The highest BCUT2D eigenvalue weighted by molar-refractivity contribution is 7.17. The summed E-state index contributed by atoms with van der Waals surface area (Å²) < 4.78 is 6.83. The van der Waals surface area contributed by atoms with Gasteiger partial charge in [-0.25, -0.2) is 4.98 Å². The first-order valence-electron chi connectivity index (χ1n) is 9.19. The number of aromatic nitrogens is 1. The third-order valence-electron chi connectivity index (χ3n) is 4.75. The van der Waals surface area contributed by atoms with Crippen molar-refractivity contribution in [3.05, 3.63) is 89.6 Å². The summed E-state index contributed by atoms with van der Waals surface area (Å²) in [5, 5.41) is 6.14. The number of hydrogen-bond donors (Lipinski definition) is 2. The van der Waals surface area contributed by atoms with E-state index in [1.54, 1.807) is 11.7 Å². The lowest BCUT2D eigenvalue weighted by Crippen LogP contribution is -2.05. The lowest BCUT2D eigenvalue weighted by atomic mass is 10.1. The monoisotopic (exact) mass is 399 g/mol. The van der Waals surface area contributed by atoms with Crippen molar-refractivity contribution >= 4 is 44.4 Å². The number of rotatable bonds is 5. The molecule has 0 bridgehead atoms. The Balaban J connectivity index is 1.32. The van der Waals surface area contributed by atoms with E-state index in [9.17, 15) is 4.79 Å². The molecule has 2 N–H and O–H groups in total. The van der Waals surface area contributed by atoms with Gasteiger partial charge in [0.25, 0.3) is 5.91 Å². The zero-order chi connectivity index (χ0) is 19.6. The van der Waals surface area contributed by atoms with Crippen LogP contribution >= 0.6 is 11.3 Å². The molecule has 1 amide bonds. The van der Waals surface area contributed by atoms with Crippen LogP contribution in [0.15, 0.2) is 78.4 Å². The minimum atomic E-state index is -0.115. The number of nitrogens with zero attached hydrogens (tertiary/aromatic N) is 1. The van der Waals surface area contributed by atoms with Crippen molar-refractivity contribution in [1.82, 2.24) is 4.98 Å². The smallest absolute Gasteiger partial charge is 0.257 e. The van der Waals surface area contributed by atoms with Crippen LogP contribution in [0.25, 0.3) is 15.8 Å². The molecule has 0 saturated carbocycles. The summed E-state index contributed by atoms with van der Waals surface area (Å²) in [6.07, 6.45) is 1.75. The summed E-state index contributed by atoms with van der Waals surface area (Å²) in [6, 6.07) is 21.6. The molecule has 0 fully saturated rings. The highest BCUT2D eigenvalue weighted by Crippen LogP contribution is 2.39. The molecular formula is C23H17N3O2S. The molecule has 5 nitrogen and oxygen atoms in total. The molecule has 5 rings (SSSR count). The first-order chi connectivity index (χ1) is 14.3. The molecule has 0 aliphatic carbocycles. The van der Waals surface area contributed by atoms with Gasteiger partial charge in [0, 0.05) is 17.5 Å². The Kier molecular flexibility index (Phi) is 4.46. The number of amides is 1. The summed E-state index contributed by atoms with van der Waals surface area (Å²) in [5.41, 5.74) is 7.04. The number of carbonyl (C=O) groups is 1. The van der Waals surface area contributed by atoms with Gasteiger partial charge >= 0.3 is 0 Å². The van der Waals surface area contributed by atoms with Gasteiger partial charge in [0.15, 0.2) is 0 Å². The molecular weight excluding hydrogens is 382 g/mol. The fraction of sp³-hybridized carbons (Fsp3) is 0.0435. The number of fused-ring (bicyclic) bond motifs is 3. The Morgan fingerprint density at radius 2 is 1.86 bits per heavy atom. The second-order valence-corrected chi connectivity index (χ2v) is 7.50. The third kappa shape index (κ3) is 3.46. The summed E-state index contributed by atoms with van der Waals surface area (Å²) >= 11 is 1.54. The number of anilines is 2. The molecule has 2 heterocycles. The molecule has 0 spiro atoms. The van der Waals surface area contributed by atoms with Gasteiger partial charge in [0.2, 0.25) is 0 Å². The van der Waals surface area contributed by atoms with Crippen LogP contribution in [0, 0.1) is 0 Å². The Morgan fingerprint density at radius 3 is 2.69 bits per heavy atom. The summed E-state index contributed by atoms with van der Waals surface area (Å²) in [4.78, 5) is 16.8. The van der Waals surface area contributed by atoms with Crippen LogP contribution in [0.1, 0.15) is 11.1 Å². The first-order valence-corrected chi connectivity index (χ1v) is 10.1. The molecule has 1 aliphatic rings. The van der Waals surface area contributed by atoms with Gasteiger partial charge in [0.05, 0.1) is 27.0 Å². The van der Waals surface area contributed by atoms with Crippen molar-refractivity contribution < 1.29 is 9.53 Å². The topological polar surface area (TPSA) is 63.2 Å². The second-order valence-electron chi connectivity index (χ2n) is 6.64. The van der Waals surface area contributed by atoms with E-state index in [4.69, 9.17) is 4.74 Å². The zero-order valence-electron chi connectivity index (χ0n) is 15.4. The standard InChI is InChI=1S/C23H17N3O2S/c27-23-18(21-19(26-23)10-11-20-22(21)29-14-25-20)12-24-16-6-8-17(9-7-16)28-13-15-4-2-1-3-5-15/h1-12,14,24H,13H2,(H,26,27)/b18-12-. The molecule has 0 radical (unpaired) electrons. The minimum Gasteiger partial charge on any atom is -0.489 e. The molecule has 0 atom stereocenters.